The Balaban J connectivity index is 1.91. The minimum atomic E-state index is 0.142. The molecule has 1 fully saturated rings. The van der Waals surface area contributed by atoms with Crippen molar-refractivity contribution < 1.29 is 0 Å². The molecule has 0 aromatic heterocycles. The highest BCUT2D eigenvalue weighted by Gasteiger charge is 2.39. The van der Waals surface area contributed by atoms with Crippen LogP contribution in [-0.4, -0.2) is 13.1 Å². The van der Waals surface area contributed by atoms with Gasteiger partial charge in [0.05, 0.1) is 0 Å². The zero-order valence-corrected chi connectivity index (χ0v) is 12.9. The SMILES string of the molecule is Cc1ccc(CC2(c3ccc(Cl)cc3)CNC2)c(Cl)c1. The van der Waals surface area contributed by atoms with E-state index in [0.717, 1.165) is 29.6 Å². The predicted molar refractivity (Wildman–Crippen MR) is 85.9 cm³/mol. The maximum absolute atomic E-state index is 6.39. The summed E-state index contributed by atoms with van der Waals surface area (Å²) in [6.45, 7) is 4.03. The van der Waals surface area contributed by atoms with Gasteiger partial charge in [-0.05, 0) is 48.2 Å². The molecule has 0 aliphatic carbocycles. The maximum Gasteiger partial charge on any atom is 0.0440 e. The van der Waals surface area contributed by atoms with Crippen LogP contribution in [-0.2, 0) is 11.8 Å². The Morgan fingerprint density at radius 3 is 2.30 bits per heavy atom. The Kier molecular flexibility index (Phi) is 3.76. The van der Waals surface area contributed by atoms with E-state index in [2.05, 4.69) is 36.5 Å². The molecule has 0 spiro atoms. The molecule has 1 aliphatic heterocycles. The fraction of sp³-hybridized carbons (Fsp3) is 0.294. The highest BCUT2D eigenvalue weighted by atomic mass is 35.5. The molecule has 1 N–H and O–H groups in total. The van der Waals surface area contributed by atoms with E-state index in [1.54, 1.807) is 0 Å². The number of nitrogens with one attached hydrogen (secondary N) is 1. The van der Waals surface area contributed by atoms with Gasteiger partial charge in [0, 0.05) is 28.5 Å². The highest BCUT2D eigenvalue weighted by molar-refractivity contribution is 6.31. The molecule has 2 aromatic carbocycles. The molecule has 0 bridgehead atoms. The van der Waals surface area contributed by atoms with Crippen molar-refractivity contribution in [3.8, 4) is 0 Å². The summed E-state index contributed by atoms with van der Waals surface area (Å²) in [5.74, 6) is 0. The number of hydrogen-bond donors (Lipinski definition) is 1. The summed E-state index contributed by atoms with van der Waals surface area (Å²) < 4.78 is 0. The predicted octanol–water partition coefficient (Wildman–Crippen LogP) is 4.39. The van der Waals surface area contributed by atoms with Crippen molar-refractivity contribution in [1.29, 1.82) is 0 Å². The average molecular weight is 306 g/mol. The molecule has 3 heteroatoms. The van der Waals surface area contributed by atoms with Gasteiger partial charge in [-0.1, -0.05) is 47.5 Å². The van der Waals surface area contributed by atoms with Crippen LogP contribution in [0.15, 0.2) is 42.5 Å². The fourth-order valence-electron chi connectivity index (χ4n) is 2.82. The van der Waals surface area contributed by atoms with E-state index in [1.807, 2.05) is 18.2 Å². The first kappa shape index (κ1) is 13.9. The number of hydrogen-bond acceptors (Lipinski definition) is 1. The van der Waals surface area contributed by atoms with Crippen LogP contribution in [0.4, 0.5) is 0 Å². The molecule has 0 unspecified atom stereocenters. The van der Waals surface area contributed by atoms with Crippen LogP contribution in [0.5, 0.6) is 0 Å². The van der Waals surface area contributed by atoms with Crippen molar-refractivity contribution in [1.82, 2.24) is 5.32 Å². The number of aryl methyl sites for hydroxylation is 1. The van der Waals surface area contributed by atoms with Crippen LogP contribution in [0.1, 0.15) is 16.7 Å². The lowest BCUT2D eigenvalue weighted by Gasteiger charge is -2.43. The van der Waals surface area contributed by atoms with E-state index >= 15 is 0 Å². The van der Waals surface area contributed by atoms with Gasteiger partial charge in [0.1, 0.15) is 0 Å². The number of rotatable bonds is 3. The van der Waals surface area contributed by atoms with E-state index in [4.69, 9.17) is 23.2 Å². The third kappa shape index (κ3) is 2.58. The molecule has 0 radical (unpaired) electrons. The van der Waals surface area contributed by atoms with Crippen LogP contribution < -0.4 is 5.32 Å². The molecule has 1 saturated heterocycles. The summed E-state index contributed by atoms with van der Waals surface area (Å²) in [6, 6.07) is 14.5. The van der Waals surface area contributed by atoms with Crippen molar-refractivity contribution in [2.75, 3.05) is 13.1 Å². The Morgan fingerprint density at radius 1 is 1.05 bits per heavy atom. The quantitative estimate of drug-likeness (QED) is 0.887. The van der Waals surface area contributed by atoms with Gasteiger partial charge in [-0.2, -0.15) is 0 Å². The average Bonchev–Trinajstić information content (AvgIpc) is 2.37. The minimum absolute atomic E-state index is 0.142. The van der Waals surface area contributed by atoms with Gasteiger partial charge in [0.25, 0.3) is 0 Å². The van der Waals surface area contributed by atoms with Gasteiger partial charge in [0.2, 0.25) is 0 Å². The lowest BCUT2D eigenvalue weighted by atomic mass is 9.71. The van der Waals surface area contributed by atoms with E-state index in [0.29, 0.717) is 0 Å². The normalized spacial score (nSPS) is 16.8. The van der Waals surface area contributed by atoms with Crippen molar-refractivity contribution in [2.24, 2.45) is 0 Å². The van der Waals surface area contributed by atoms with Crippen molar-refractivity contribution in [3.05, 3.63) is 69.2 Å². The van der Waals surface area contributed by atoms with E-state index in [1.165, 1.54) is 16.7 Å². The molecule has 0 amide bonds. The Labute approximate surface area is 129 Å². The van der Waals surface area contributed by atoms with E-state index in [-0.39, 0.29) is 5.41 Å². The Hall–Kier alpha value is -1.02. The van der Waals surface area contributed by atoms with Gasteiger partial charge >= 0.3 is 0 Å². The molecule has 0 saturated carbocycles. The molecule has 2 aromatic rings. The van der Waals surface area contributed by atoms with Crippen molar-refractivity contribution >= 4 is 23.2 Å². The summed E-state index contributed by atoms with van der Waals surface area (Å²) in [4.78, 5) is 0. The molecule has 1 nitrogen and oxygen atoms in total. The minimum Gasteiger partial charge on any atom is -0.315 e. The molecule has 1 heterocycles. The lowest BCUT2D eigenvalue weighted by Crippen LogP contribution is -2.58. The van der Waals surface area contributed by atoms with Gasteiger partial charge in [-0.15, -0.1) is 0 Å². The monoisotopic (exact) mass is 305 g/mol. The number of halogens is 2. The standard InChI is InChI=1S/C17H17Cl2N/c1-12-2-3-13(16(19)8-12)9-17(10-20-11-17)14-4-6-15(18)7-5-14/h2-8,20H,9-11H2,1H3. The van der Waals surface area contributed by atoms with Crippen LogP contribution >= 0.6 is 23.2 Å². The van der Waals surface area contributed by atoms with Crippen LogP contribution in [0.3, 0.4) is 0 Å². The second kappa shape index (κ2) is 5.40. The first-order chi connectivity index (χ1) is 9.59. The van der Waals surface area contributed by atoms with Gasteiger partial charge < -0.3 is 5.32 Å². The Morgan fingerprint density at radius 2 is 1.75 bits per heavy atom. The second-order valence-corrected chi connectivity index (χ2v) is 6.51. The summed E-state index contributed by atoms with van der Waals surface area (Å²) in [5, 5.41) is 5.04. The van der Waals surface area contributed by atoms with E-state index in [9.17, 15) is 0 Å². The van der Waals surface area contributed by atoms with Crippen LogP contribution in [0, 0.1) is 6.92 Å². The summed E-state index contributed by atoms with van der Waals surface area (Å²) in [7, 11) is 0. The zero-order valence-electron chi connectivity index (χ0n) is 11.4. The first-order valence-electron chi connectivity index (χ1n) is 6.81. The molecule has 104 valence electrons. The van der Waals surface area contributed by atoms with Gasteiger partial charge in [0.15, 0.2) is 0 Å². The summed E-state index contributed by atoms with van der Waals surface area (Å²) in [5.41, 5.74) is 3.89. The van der Waals surface area contributed by atoms with Crippen LogP contribution in [0.2, 0.25) is 10.0 Å². The molecule has 3 rings (SSSR count). The lowest BCUT2D eigenvalue weighted by molar-refractivity contribution is 0.275. The van der Waals surface area contributed by atoms with E-state index < -0.39 is 0 Å². The topological polar surface area (TPSA) is 12.0 Å². The maximum atomic E-state index is 6.39. The summed E-state index contributed by atoms with van der Waals surface area (Å²) in [6.07, 6.45) is 0.959. The largest absolute Gasteiger partial charge is 0.315 e. The zero-order chi connectivity index (χ0) is 14.2. The molecule has 0 atom stereocenters. The first-order valence-corrected chi connectivity index (χ1v) is 7.56. The van der Waals surface area contributed by atoms with Crippen LogP contribution in [0.25, 0.3) is 0 Å². The van der Waals surface area contributed by atoms with Crippen molar-refractivity contribution in [2.45, 2.75) is 18.8 Å². The third-order valence-electron chi connectivity index (χ3n) is 4.12. The van der Waals surface area contributed by atoms with Gasteiger partial charge in [-0.3, -0.25) is 0 Å². The summed E-state index contributed by atoms with van der Waals surface area (Å²) >= 11 is 12.4. The smallest absolute Gasteiger partial charge is 0.0440 e. The molecular formula is C17H17Cl2N. The van der Waals surface area contributed by atoms with Crippen molar-refractivity contribution in [3.63, 3.8) is 0 Å². The second-order valence-electron chi connectivity index (χ2n) is 5.66. The highest BCUT2D eigenvalue weighted by Crippen LogP contribution is 2.35. The van der Waals surface area contributed by atoms with Gasteiger partial charge in [-0.25, -0.2) is 0 Å². The third-order valence-corrected chi connectivity index (χ3v) is 4.72. The Bertz CT molecular complexity index is 615. The fourth-order valence-corrected chi connectivity index (χ4v) is 3.25. The molecular weight excluding hydrogens is 289 g/mol. The number of benzene rings is 2. The molecule has 1 aliphatic rings. The molecule has 20 heavy (non-hydrogen) atoms.